The molecule has 0 amide bonds. The second kappa shape index (κ2) is 3.78. The van der Waals surface area contributed by atoms with Crippen molar-refractivity contribution in [1.82, 2.24) is 4.98 Å². The number of pyridine rings is 1. The van der Waals surface area contributed by atoms with E-state index in [0.717, 1.165) is 5.69 Å². The Morgan fingerprint density at radius 2 is 2.36 bits per heavy atom. The SMILES string of the molecule is CCOC(=O)c1ccc(C2CC2)nc1. The monoisotopic (exact) mass is 191 g/mol. The summed E-state index contributed by atoms with van der Waals surface area (Å²) in [6.07, 6.45) is 4.06. The van der Waals surface area contributed by atoms with Gasteiger partial charge < -0.3 is 4.74 Å². The minimum Gasteiger partial charge on any atom is -0.462 e. The molecule has 1 aliphatic carbocycles. The van der Waals surface area contributed by atoms with Crippen LogP contribution in [0.25, 0.3) is 0 Å². The molecule has 1 aromatic rings. The van der Waals surface area contributed by atoms with Crippen LogP contribution in [-0.4, -0.2) is 17.6 Å². The van der Waals surface area contributed by atoms with Gasteiger partial charge >= 0.3 is 5.97 Å². The normalized spacial score (nSPS) is 15.2. The molecule has 2 rings (SSSR count). The Bertz CT molecular complexity index is 328. The van der Waals surface area contributed by atoms with E-state index in [-0.39, 0.29) is 5.97 Å². The van der Waals surface area contributed by atoms with E-state index < -0.39 is 0 Å². The van der Waals surface area contributed by atoms with Crippen LogP contribution in [0.3, 0.4) is 0 Å². The molecule has 0 saturated heterocycles. The first-order valence-corrected chi connectivity index (χ1v) is 4.94. The zero-order valence-electron chi connectivity index (χ0n) is 8.19. The summed E-state index contributed by atoms with van der Waals surface area (Å²) < 4.78 is 4.86. The Balaban J connectivity index is 2.08. The van der Waals surface area contributed by atoms with Gasteiger partial charge in [-0.3, -0.25) is 4.98 Å². The van der Waals surface area contributed by atoms with Crippen LogP contribution in [0, 0.1) is 0 Å². The Morgan fingerprint density at radius 1 is 1.57 bits per heavy atom. The summed E-state index contributed by atoms with van der Waals surface area (Å²) in [5, 5.41) is 0. The summed E-state index contributed by atoms with van der Waals surface area (Å²) >= 11 is 0. The number of esters is 1. The van der Waals surface area contributed by atoms with Gasteiger partial charge in [-0.25, -0.2) is 4.79 Å². The molecule has 0 aromatic carbocycles. The quantitative estimate of drug-likeness (QED) is 0.687. The maximum absolute atomic E-state index is 11.3. The zero-order chi connectivity index (χ0) is 9.97. The highest BCUT2D eigenvalue weighted by Crippen LogP contribution is 2.38. The molecule has 0 bridgehead atoms. The molecule has 74 valence electrons. The number of ether oxygens (including phenoxy) is 1. The van der Waals surface area contributed by atoms with E-state index in [4.69, 9.17) is 4.74 Å². The van der Waals surface area contributed by atoms with Crippen LogP contribution >= 0.6 is 0 Å². The van der Waals surface area contributed by atoms with Gasteiger partial charge in [0.25, 0.3) is 0 Å². The smallest absolute Gasteiger partial charge is 0.339 e. The fourth-order valence-corrected chi connectivity index (χ4v) is 1.36. The number of aromatic nitrogens is 1. The van der Waals surface area contributed by atoms with Crippen molar-refractivity contribution in [3.8, 4) is 0 Å². The number of hydrogen-bond donors (Lipinski definition) is 0. The van der Waals surface area contributed by atoms with E-state index in [0.29, 0.717) is 18.1 Å². The van der Waals surface area contributed by atoms with Crippen LogP contribution in [0.2, 0.25) is 0 Å². The average molecular weight is 191 g/mol. The molecule has 1 saturated carbocycles. The highest BCUT2D eigenvalue weighted by molar-refractivity contribution is 5.88. The topological polar surface area (TPSA) is 39.2 Å². The lowest BCUT2D eigenvalue weighted by Gasteiger charge is -2.01. The van der Waals surface area contributed by atoms with Crippen LogP contribution in [0.4, 0.5) is 0 Å². The van der Waals surface area contributed by atoms with Crippen LogP contribution in [-0.2, 0) is 4.74 Å². The number of nitrogens with zero attached hydrogens (tertiary/aromatic N) is 1. The third-order valence-corrected chi connectivity index (χ3v) is 2.29. The molecule has 1 aromatic heterocycles. The predicted octanol–water partition coefficient (Wildman–Crippen LogP) is 2.14. The van der Waals surface area contributed by atoms with Crippen molar-refractivity contribution in [1.29, 1.82) is 0 Å². The third kappa shape index (κ3) is 1.92. The third-order valence-electron chi connectivity index (χ3n) is 2.29. The van der Waals surface area contributed by atoms with Gasteiger partial charge in [-0.05, 0) is 31.9 Å². The Kier molecular flexibility index (Phi) is 2.48. The first-order chi connectivity index (χ1) is 6.81. The van der Waals surface area contributed by atoms with Gasteiger partial charge in [0.1, 0.15) is 0 Å². The van der Waals surface area contributed by atoms with E-state index in [1.165, 1.54) is 12.8 Å². The summed E-state index contributed by atoms with van der Waals surface area (Å²) in [4.78, 5) is 15.5. The molecular weight excluding hydrogens is 178 g/mol. The summed E-state index contributed by atoms with van der Waals surface area (Å²) in [7, 11) is 0. The molecule has 3 heteroatoms. The minimum absolute atomic E-state index is 0.289. The maximum Gasteiger partial charge on any atom is 0.339 e. The number of hydrogen-bond acceptors (Lipinski definition) is 3. The molecule has 0 radical (unpaired) electrons. The fourth-order valence-electron chi connectivity index (χ4n) is 1.36. The molecule has 1 fully saturated rings. The highest BCUT2D eigenvalue weighted by atomic mass is 16.5. The molecular formula is C11H13NO2. The van der Waals surface area contributed by atoms with Crippen molar-refractivity contribution in [2.75, 3.05) is 6.61 Å². The number of carbonyl (C=O) groups excluding carboxylic acids is 1. The molecule has 3 nitrogen and oxygen atoms in total. The number of rotatable bonds is 3. The highest BCUT2D eigenvalue weighted by Gasteiger charge is 2.24. The van der Waals surface area contributed by atoms with Gasteiger partial charge in [0.2, 0.25) is 0 Å². The average Bonchev–Trinajstić information content (AvgIpc) is 3.02. The van der Waals surface area contributed by atoms with Crippen molar-refractivity contribution in [2.45, 2.75) is 25.7 Å². The van der Waals surface area contributed by atoms with E-state index in [1.54, 1.807) is 19.2 Å². The second-order valence-electron chi connectivity index (χ2n) is 3.47. The Labute approximate surface area is 83.1 Å². The van der Waals surface area contributed by atoms with Gasteiger partial charge in [-0.1, -0.05) is 0 Å². The van der Waals surface area contributed by atoms with E-state index in [1.807, 2.05) is 6.07 Å². The van der Waals surface area contributed by atoms with Crippen molar-refractivity contribution >= 4 is 5.97 Å². The molecule has 1 heterocycles. The van der Waals surface area contributed by atoms with E-state index >= 15 is 0 Å². The lowest BCUT2D eigenvalue weighted by atomic mass is 10.2. The van der Waals surface area contributed by atoms with Crippen molar-refractivity contribution in [2.24, 2.45) is 0 Å². The summed E-state index contributed by atoms with van der Waals surface area (Å²) in [5.74, 6) is 0.341. The van der Waals surface area contributed by atoms with Gasteiger partial charge in [0.05, 0.1) is 12.2 Å². The summed E-state index contributed by atoms with van der Waals surface area (Å²) in [5.41, 5.74) is 1.63. The summed E-state index contributed by atoms with van der Waals surface area (Å²) in [6.45, 7) is 2.20. The molecule has 0 N–H and O–H groups in total. The molecule has 0 atom stereocenters. The lowest BCUT2D eigenvalue weighted by molar-refractivity contribution is 0.0526. The van der Waals surface area contributed by atoms with Gasteiger partial charge in [0.15, 0.2) is 0 Å². The molecule has 0 unspecified atom stereocenters. The van der Waals surface area contributed by atoms with Crippen molar-refractivity contribution < 1.29 is 9.53 Å². The zero-order valence-corrected chi connectivity index (χ0v) is 8.19. The fraction of sp³-hybridized carbons (Fsp3) is 0.455. The maximum atomic E-state index is 11.3. The van der Waals surface area contributed by atoms with Crippen molar-refractivity contribution in [3.63, 3.8) is 0 Å². The lowest BCUT2D eigenvalue weighted by Crippen LogP contribution is -2.05. The van der Waals surface area contributed by atoms with E-state index in [2.05, 4.69) is 4.98 Å². The summed E-state index contributed by atoms with van der Waals surface area (Å²) in [6, 6.07) is 3.71. The van der Waals surface area contributed by atoms with Crippen LogP contribution in [0.1, 0.15) is 41.7 Å². The number of carbonyl (C=O) groups is 1. The standard InChI is InChI=1S/C11H13NO2/c1-2-14-11(13)9-5-6-10(12-7-9)8-3-4-8/h5-8H,2-4H2,1H3. The first-order valence-electron chi connectivity index (χ1n) is 4.94. The molecule has 14 heavy (non-hydrogen) atoms. The van der Waals surface area contributed by atoms with Gasteiger partial charge in [-0.2, -0.15) is 0 Å². The predicted molar refractivity (Wildman–Crippen MR) is 52.2 cm³/mol. The first kappa shape index (κ1) is 9.19. The van der Waals surface area contributed by atoms with Gasteiger partial charge in [0, 0.05) is 17.8 Å². The van der Waals surface area contributed by atoms with Gasteiger partial charge in [-0.15, -0.1) is 0 Å². The Hall–Kier alpha value is -1.38. The van der Waals surface area contributed by atoms with Crippen LogP contribution in [0.5, 0.6) is 0 Å². The minimum atomic E-state index is -0.289. The molecule has 1 aliphatic rings. The van der Waals surface area contributed by atoms with Crippen LogP contribution < -0.4 is 0 Å². The largest absolute Gasteiger partial charge is 0.462 e. The van der Waals surface area contributed by atoms with E-state index in [9.17, 15) is 4.79 Å². The Morgan fingerprint density at radius 3 is 2.86 bits per heavy atom. The molecule has 0 spiro atoms. The van der Waals surface area contributed by atoms with Crippen molar-refractivity contribution in [3.05, 3.63) is 29.6 Å². The molecule has 0 aliphatic heterocycles. The second-order valence-corrected chi connectivity index (χ2v) is 3.47. The van der Waals surface area contributed by atoms with Crippen LogP contribution in [0.15, 0.2) is 18.3 Å².